The molecule has 0 aliphatic carbocycles. The van der Waals surface area contributed by atoms with Gasteiger partial charge in [0.25, 0.3) is 5.91 Å². The van der Waals surface area contributed by atoms with Crippen molar-refractivity contribution in [2.45, 2.75) is 12.8 Å². The van der Waals surface area contributed by atoms with Crippen LogP contribution in [0, 0.1) is 0 Å². The molecule has 6 nitrogen and oxygen atoms in total. The number of hydrogen-bond acceptors (Lipinski definition) is 4. The van der Waals surface area contributed by atoms with E-state index in [9.17, 15) is 14.4 Å². The molecular formula is C21H19ClN2O4. The van der Waals surface area contributed by atoms with Gasteiger partial charge in [0.1, 0.15) is 0 Å². The van der Waals surface area contributed by atoms with Crippen molar-refractivity contribution < 1.29 is 19.1 Å². The molecule has 144 valence electrons. The molecule has 0 unspecified atom stereocenters. The number of carbonyl (C=O) groups excluding carboxylic acids is 3. The molecule has 0 saturated carbocycles. The van der Waals surface area contributed by atoms with Gasteiger partial charge in [-0.05, 0) is 54.5 Å². The fourth-order valence-corrected chi connectivity index (χ4v) is 3.00. The molecule has 1 aliphatic heterocycles. The number of amides is 2. The number of ether oxygens (including phenoxy) is 1. The van der Waals surface area contributed by atoms with Crippen molar-refractivity contribution in [1.29, 1.82) is 0 Å². The zero-order valence-electron chi connectivity index (χ0n) is 15.1. The van der Waals surface area contributed by atoms with Crippen LogP contribution < -0.4 is 10.2 Å². The predicted molar refractivity (Wildman–Crippen MR) is 108 cm³/mol. The first-order valence-electron chi connectivity index (χ1n) is 8.82. The Morgan fingerprint density at radius 2 is 1.96 bits per heavy atom. The summed E-state index contributed by atoms with van der Waals surface area (Å²) in [4.78, 5) is 37.1. The molecule has 0 atom stereocenters. The van der Waals surface area contributed by atoms with Gasteiger partial charge in [-0.15, -0.1) is 0 Å². The van der Waals surface area contributed by atoms with Crippen molar-refractivity contribution in [3.05, 3.63) is 65.2 Å². The van der Waals surface area contributed by atoms with Crippen LogP contribution in [-0.2, 0) is 19.1 Å². The highest BCUT2D eigenvalue weighted by atomic mass is 35.5. The number of benzene rings is 2. The third kappa shape index (κ3) is 5.44. The molecular weight excluding hydrogens is 380 g/mol. The molecule has 7 heteroatoms. The zero-order valence-corrected chi connectivity index (χ0v) is 15.8. The van der Waals surface area contributed by atoms with Gasteiger partial charge in [0.05, 0.1) is 0 Å². The summed E-state index contributed by atoms with van der Waals surface area (Å²) in [6, 6.07) is 14.0. The first-order valence-corrected chi connectivity index (χ1v) is 9.20. The summed E-state index contributed by atoms with van der Waals surface area (Å²) in [6.07, 6.45) is 4.22. The Bertz CT molecular complexity index is 909. The van der Waals surface area contributed by atoms with Crippen molar-refractivity contribution in [2.75, 3.05) is 23.4 Å². The largest absolute Gasteiger partial charge is 0.452 e. The van der Waals surface area contributed by atoms with E-state index < -0.39 is 18.5 Å². The van der Waals surface area contributed by atoms with Gasteiger partial charge in [0.2, 0.25) is 5.91 Å². The molecule has 2 aromatic rings. The number of halogens is 1. The lowest BCUT2D eigenvalue weighted by atomic mass is 10.2. The maximum Gasteiger partial charge on any atom is 0.331 e. The molecule has 1 fully saturated rings. The molecule has 2 amide bonds. The van der Waals surface area contributed by atoms with Crippen LogP contribution in [0.2, 0.25) is 5.02 Å². The Hall–Kier alpha value is -3.12. The average Bonchev–Trinajstić information content (AvgIpc) is 3.11. The Kier molecular flexibility index (Phi) is 6.45. The lowest BCUT2D eigenvalue weighted by Gasteiger charge is -2.16. The maximum atomic E-state index is 11.9. The highest BCUT2D eigenvalue weighted by Crippen LogP contribution is 2.23. The summed E-state index contributed by atoms with van der Waals surface area (Å²) in [6.45, 7) is 0.314. The van der Waals surface area contributed by atoms with E-state index in [0.29, 0.717) is 23.7 Å². The van der Waals surface area contributed by atoms with Crippen LogP contribution in [0.15, 0.2) is 54.6 Å². The highest BCUT2D eigenvalue weighted by Gasteiger charge is 2.21. The molecule has 0 bridgehead atoms. The number of hydrogen-bond donors (Lipinski definition) is 1. The summed E-state index contributed by atoms with van der Waals surface area (Å²) in [5.74, 6) is -0.970. The van der Waals surface area contributed by atoms with E-state index in [2.05, 4.69) is 5.32 Å². The van der Waals surface area contributed by atoms with Crippen molar-refractivity contribution in [1.82, 2.24) is 0 Å². The van der Waals surface area contributed by atoms with Crippen molar-refractivity contribution >= 4 is 46.8 Å². The quantitative estimate of drug-likeness (QED) is 0.595. The molecule has 1 N–H and O–H groups in total. The lowest BCUT2D eigenvalue weighted by molar-refractivity contribution is -0.142. The van der Waals surface area contributed by atoms with Crippen LogP contribution in [0.5, 0.6) is 0 Å². The summed E-state index contributed by atoms with van der Waals surface area (Å²) < 4.78 is 4.92. The van der Waals surface area contributed by atoms with Gasteiger partial charge < -0.3 is 15.0 Å². The fourth-order valence-electron chi connectivity index (χ4n) is 2.80. The topological polar surface area (TPSA) is 75.7 Å². The Morgan fingerprint density at radius 3 is 2.64 bits per heavy atom. The second-order valence-electron chi connectivity index (χ2n) is 6.24. The van der Waals surface area contributed by atoms with Crippen LogP contribution in [-0.4, -0.2) is 30.9 Å². The molecule has 3 rings (SSSR count). The minimum Gasteiger partial charge on any atom is -0.452 e. The van der Waals surface area contributed by atoms with E-state index >= 15 is 0 Å². The number of nitrogens with one attached hydrogen (secondary N) is 1. The van der Waals surface area contributed by atoms with Crippen molar-refractivity contribution in [3.8, 4) is 0 Å². The van der Waals surface area contributed by atoms with Gasteiger partial charge in [-0.1, -0.05) is 23.7 Å². The molecule has 0 radical (unpaired) electrons. The number of anilines is 2. The first-order chi connectivity index (χ1) is 13.5. The summed E-state index contributed by atoms with van der Waals surface area (Å²) >= 11 is 5.87. The molecule has 1 heterocycles. The van der Waals surface area contributed by atoms with E-state index in [1.165, 1.54) is 6.08 Å². The maximum absolute atomic E-state index is 11.9. The molecule has 1 saturated heterocycles. The van der Waals surface area contributed by atoms with E-state index in [1.807, 2.05) is 0 Å². The van der Waals surface area contributed by atoms with Crippen LogP contribution in [0.1, 0.15) is 18.4 Å². The number of nitrogens with zero attached hydrogens (tertiary/aromatic N) is 1. The number of esters is 1. The number of carbonyl (C=O) groups is 3. The summed E-state index contributed by atoms with van der Waals surface area (Å²) in [5, 5.41) is 3.21. The molecule has 0 aromatic heterocycles. The SMILES string of the molecule is O=C(COC(=O)/C=C/c1cccc(Cl)c1)Nc1ccc(N2CCCC2=O)cc1. The van der Waals surface area contributed by atoms with Crippen LogP contribution in [0.3, 0.4) is 0 Å². The highest BCUT2D eigenvalue weighted by molar-refractivity contribution is 6.30. The fraction of sp³-hybridized carbons (Fsp3) is 0.190. The van der Waals surface area contributed by atoms with E-state index in [-0.39, 0.29) is 5.91 Å². The van der Waals surface area contributed by atoms with E-state index in [0.717, 1.165) is 17.7 Å². The minimum absolute atomic E-state index is 0.106. The van der Waals surface area contributed by atoms with Crippen LogP contribution in [0.4, 0.5) is 11.4 Å². The van der Waals surface area contributed by atoms with Gasteiger partial charge in [-0.25, -0.2) is 4.79 Å². The average molecular weight is 399 g/mol. The zero-order chi connectivity index (χ0) is 19.9. The normalized spacial score (nSPS) is 13.8. The third-order valence-corrected chi connectivity index (χ3v) is 4.38. The molecule has 28 heavy (non-hydrogen) atoms. The van der Waals surface area contributed by atoms with Crippen molar-refractivity contribution in [3.63, 3.8) is 0 Å². The Balaban J connectivity index is 1.46. The Morgan fingerprint density at radius 1 is 1.18 bits per heavy atom. The van der Waals surface area contributed by atoms with E-state index in [4.69, 9.17) is 16.3 Å². The lowest BCUT2D eigenvalue weighted by Crippen LogP contribution is -2.23. The summed E-state index contributed by atoms with van der Waals surface area (Å²) in [7, 11) is 0. The van der Waals surface area contributed by atoms with Crippen LogP contribution >= 0.6 is 11.6 Å². The molecule has 2 aromatic carbocycles. The van der Waals surface area contributed by atoms with Gasteiger partial charge >= 0.3 is 5.97 Å². The first kappa shape index (κ1) is 19.6. The smallest absolute Gasteiger partial charge is 0.331 e. The third-order valence-electron chi connectivity index (χ3n) is 4.14. The van der Waals surface area contributed by atoms with Gasteiger partial charge in [0, 0.05) is 35.4 Å². The molecule has 0 spiro atoms. The standard InChI is InChI=1S/C21H19ClN2O4/c22-16-4-1-3-15(13-16)6-11-21(27)28-14-19(25)23-17-7-9-18(10-8-17)24-12-2-5-20(24)26/h1,3-4,6-11,13H,2,5,12,14H2,(H,23,25)/b11-6+. The minimum atomic E-state index is -0.627. The summed E-state index contributed by atoms with van der Waals surface area (Å²) in [5.41, 5.74) is 2.12. The second kappa shape index (κ2) is 9.19. The predicted octanol–water partition coefficient (Wildman–Crippen LogP) is 3.66. The van der Waals surface area contributed by atoms with E-state index in [1.54, 1.807) is 59.5 Å². The Labute approximate surface area is 167 Å². The second-order valence-corrected chi connectivity index (χ2v) is 6.68. The van der Waals surface area contributed by atoms with Gasteiger partial charge in [-0.2, -0.15) is 0 Å². The van der Waals surface area contributed by atoms with Gasteiger partial charge in [-0.3, -0.25) is 9.59 Å². The monoisotopic (exact) mass is 398 g/mol. The molecule has 1 aliphatic rings. The number of rotatable bonds is 6. The van der Waals surface area contributed by atoms with Gasteiger partial charge in [0.15, 0.2) is 6.61 Å². The van der Waals surface area contributed by atoms with Crippen molar-refractivity contribution in [2.24, 2.45) is 0 Å². The van der Waals surface area contributed by atoms with Crippen LogP contribution in [0.25, 0.3) is 6.08 Å².